The second-order valence-corrected chi connectivity index (χ2v) is 17.7. The number of rotatable bonds is 10. The summed E-state index contributed by atoms with van der Waals surface area (Å²) >= 11 is 0. The van der Waals surface area contributed by atoms with E-state index in [1.165, 1.54) is 53.6 Å². The first-order chi connectivity index (χ1) is 30.3. The van der Waals surface area contributed by atoms with E-state index < -0.39 is 5.60 Å². The Balaban J connectivity index is 1.26. The van der Waals surface area contributed by atoms with Crippen LogP contribution in [0.3, 0.4) is 0 Å². The van der Waals surface area contributed by atoms with Crippen LogP contribution in [0, 0.1) is 5.41 Å². The number of aliphatic hydroxyl groups excluding tert-OH is 1. The van der Waals surface area contributed by atoms with Crippen molar-refractivity contribution in [2.45, 2.75) is 70.0 Å². The van der Waals surface area contributed by atoms with Crippen LogP contribution in [0.15, 0.2) is 109 Å². The molecular formula is C55H57NO6. The highest BCUT2D eigenvalue weighted by Gasteiger charge is 2.51. The summed E-state index contributed by atoms with van der Waals surface area (Å²) in [5, 5.41) is 12.2. The first kappa shape index (κ1) is 40.3. The third-order valence-electron chi connectivity index (χ3n) is 15.2. The minimum Gasteiger partial charge on any atom is -0.497 e. The standard InChI is InChI=1S/C55H57NO6/c1-6-53(7-2)24-26-54(27-25-53)47-11-9-8-10-42(47)50-45-33-44(41-21-12-36(35-57)32-48(41)59-4)49(60-5)34-46(45)52-43(51(50)54)22-23-55(62-52,38-15-19-40(58-3)20-16-38)37-13-17-39(18-14-37)56-28-30-61-31-29-56/h8-23,32-34,57H,6-7,24-31,35H2,1-5H3. The highest BCUT2D eigenvalue weighted by molar-refractivity contribution is 6.11. The molecule has 1 unspecified atom stereocenters. The summed E-state index contributed by atoms with van der Waals surface area (Å²) in [6, 6.07) is 36.8. The van der Waals surface area contributed by atoms with E-state index in [-0.39, 0.29) is 12.0 Å². The van der Waals surface area contributed by atoms with Gasteiger partial charge in [-0.3, -0.25) is 0 Å². The number of ether oxygens (including phenoxy) is 5. The summed E-state index contributed by atoms with van der Waals surface area (Å²) in [6.45, 7) is 7.89. The molecule has 1 saturated heterocycles. The van der Waals surface area contributed by atoms with Gasteiger partial charge in [0.2, 0.25) is 0 Å². The maximum absolute atomic E-state index is 10.1. The Kier molecular flexibility index (Phi) is 10.3. The molecule has 6 aromatic rings. The Hall–Kier alpha value is -5.76. The lowest BCUT2D eigenvalue weighted by atomic mass is 9.58. The monoisotopic (exact) mass is 827 g/mol. The van der Waals surface area contributed by atoms with E-state index in [9.17, 15) is 5.11 Å². The lowest BCUT2D eigenvalue weighted by Gasteiger charge is -2.47. The summed E-state index contributed by atoms with van der Waals surface area (Å²) in [6.07, 6.45) is 11.6. The largest absolute Gasteiger partial charge is 0.497 e. The number of nitrogens with zero attached hydrogens (tertiary/aromatic N) is 1. The van der Waals surface area contributed by atoms with Gasteiger partial charge in [-0.25, -0.2) is 0 Å². The average molecular weight is 828 g/mol. The predicted molar refractivity (Wildman–Crippen MR) is 249 cm³/mol. The zero-order valence-electron chi connectivity index (χ0n) is 36.7. The van der Waals surface area contributed by atoms with Gasteiger partial charge in [-0.15, -0.1) is 0 Å². The molecule has 2 fully saturated rings. The molecule has 7 heteroatoms. The van der Waals surface area contributed by atoms with Crippen molar-refractivity contribution >= 4 is 22.5 Å². The first-order valence-corrected chi connectivity index (χ1v) is 22.4. The van der Waals surface area contributed by atoms with E-state index in [1.807, 2.05) is 30.3 Å². The van der Waals surface area contributed by atoms with Gasteiger partial charge in [0.25, 0.3) is 0 Å². The fraction of sp³-hybridized carbons (Fsp3) is 0.345. The van der Waals surface area contributed by atoms with Crippen LogP contribution in [-0.2, 0) is 22.4 Å². The molecular weight excluding hydrogens is 771 g/mol. The Morgan fingerprint density at radius 3 is 2.02 bits per heavy atom. The molecule has 1 atom stereocenters. The molecule has 62 heavy (non-hydrogen) atoms. The van der Waals surface area contributed by atoms with Gasteiger partial charge in [0, 0.05) is 57.4 Å². The molecule has 318 valence electrons. The van der Waals surface area contributed by atoms with Gasteiger partial charge in [0.1, 0.15) is 23.0 Å². The molecule has 0 amide bonds. The van der Waals surface area contributed by atoms with Gasteiger partial charge in [0.05, 0.1) is 41.2 Å². The number of fused-ring (bicyclic) bond motifs is 10. The Labute approximate surface area is 365 Å². The van der Waals surface area contributed by atoms with E-state index in [4.69, 9.17) is 23.7 Å². The van der Waals surface area contributed by atoms with Crippen LogP contribution in [0.1, 0.15) is 85.8 Å². The molecule has 6 aromatic carbocycles. The SMILES string of the molecule is CCC1(CC)CCC2(CC1)c1ccccc1-c1c2c2c(c3cc(OC)c(-c4ccc(CO)cc4OC)cc13)OC(c1ccc(OC)cc1)(c1ccc(N3CCOCC3)cc1)C=C2. The van der Waals surface area contributed by atoms with E-state index in [0.717, 1.165) is 94.8 Å². The Morgan fingerprint density at radius 2 is 1.35 bits per heavy atom. The molecule has 0 radical (unpaired) electrons. The van der Waals surface area contributed by atoms with E-state index in [1.54, 1.807) is 21.3 Å². The molecule has 0 aromatic heterocycles. The van der Waals surface area contributed by atoms with Gasteiger partial charge >= 0.3 is 0 Å². The van der Waals surface area contributed by atoms with Gasteiger partial charge < -0.3 is 33.7 Å². The minimum atomic E-state index is -0.954. The molecule has 2 heterocycles. The van der Waals surface area contributed by atoms with E-state index in [0.29, 0.717) is 16.9 Å². The van der Waals surface area contributed by atoms with Gasteiger partial charge in [-0.1, -0.05) is 93.4 Å². The van der Waals surface area contributed by atoms with Crippen molar-refractivity contribution in [1.29, 1.82) is 0 Å². The quantitative estimate of drug-likeness (QED) is 0.147. The van der Waals surface area contributed by atoms with Gasteiger partial charge in [0.15, 0.2) is 5.60 Å². The second kappa shape index (κ2) is 15.9. The molecule has 10 rings (SSSR count). The van der Waals surface area contributed by atoms with Crippen LogP contribution in [0.25, 0.3) is 39.1 Å². The first-order valence-electron chi connectivity index (χ1n) is 22.4. The van der Waals surface area contributed by atoms with Gasteiger partial charge in [-0.2, -0.15) is 0 Å². The number of anilines is 1. The number of benzene rings is 6. The van der Waals surface area contributed by atoms with Crippen molar-refractivity contribution in [3.63, 3.8) is 0 Å². The fourth-order valence-electron chi connectivity index (χ4n) is 11.4. The molecule has 0 bridgehead atoms. The van der Waals surface area contributed by atoms with Crippen LogP contribution >= 0.6 is 0 Å². The third kappa shape index (κ3) is 6.22. The normalized spacial score (nSPS) is 19.4. The third-order valence-corrected chi connectivity index (χ3v) is 15.2. The number of hydrogen-bond donors (Lipinski definition) is 1. The molecule has 7 nitrogen and oxygen atoms in total. The van der Waals surface area contributed by atoms with Crippen LogP contribution in [0.4, 0.5) is 5.69 Å². The molecule has 1 N–H and O–H groups in total. The predicted octanol–water partition coefficient (Wildman–Crippen LogP) is 11.9. The Morgan fingerprint density at radius 1 is 0.677 bits per heavy atom. The number of aliphatic hydroxyl groups is 1. The zero-order chi connectivity index (χ0) is 42.6. The van der Waals surface area contributed by atoms with Crippen molar-refractivity contribution in [3.8, 4) is 45.3 Å². The van der Waals surface area contributed by atoms with E-state index >= 15 is 0 Å². The van der Waals surface area contributed by atoms with E-state index in [2.05, 4.69) is 104 Å². The lowest BCUT2D eigenvalue weighted by Crippen LogP contribution is -2.38. The highest BCUT2D eigenvalue weighted by Crippen LogP contribution is 2.65. The summed E-state index contributed by atoms with van der Waals surface area (Å²) in [5.41, 5.74) is 11.6. The zero-order valence-corrected chi connectivity index (χ0v) is 36.7. The van der Waals surface area contributed by atoms with Crippen molar-refractivity contribution in [2.75, 3.05) is 52.5 Å². The average Bonchev–Trinajstić information content (AvgIpc) is 3.63. The molecule has 4 aliphatic rings. The topological polar surface area (TPSA) is 69.6 Å². The van der Waals surface area contributed by atoms with Crippen LogP contribution in [-0.4, -0.2) is 52.7 Å². The van der Waals surface area contributed by atoms with Gasteiger partial charge in [-0.05, 0) is 113 Å². The van der Waals surface area contributed by atoms with Crippen LogP contribution in [0.2, 0.25) is 0 Å². The number of methoxy groups -OCH3 is 3. The maximum Gasteiger partial charge on any atom is 0.178 e. The number of hydrogen-bond acceptors (Lipinski definition) is 7. The van der Waals surface area contributed by atoms with Crippen molar-refractivity contribution in [1.82, 2.24) is 0 Å². The van der Waals surface area contributed by atoms with Crippen LogP contribution in [0.5, 0.6) is 23.0 Å². The van der Waals surface area contributed by atoms with Crippen molar-refractivity contribution in [2.24, 2.45) is 5.41 Å². The summed E-state index contributed by atoms with van der Waals surface area (Å²) < 4.78 is 31.5. The highest BCUT2D eigenvalue weighted by atomic mass is 16.5. The number of morpholine rings is 1. The smallest absolute Gasteiger partial charge is 0.178 e. The molecule has 2 aliphatic carbocycles. The summed E-state index contributed by atoms with van der Waals surface area (Å²) in [7, 11) is 5.12. The summed E-state index contributed by atoms with van der Waals surface area (Å²) in [4.78, 5) is 2.39. The molecule has 1 spiro atoms. The molecule has 1 saturated carbocycles. The van der Waals surface area contributed by atoms with Crippen LogP contribution < -0.4 is 23.8 Å². The fourth-order valence-corrected chi connectivity index (χ4v) is 11.4. The molecule has 2 aliphatic heterocycles. The maximum atomic E-state index is 10.1. The minimum absolute atomic E-state index is 0.0713. The van der Waals surface area contributed by atoms with Crippen molar-refractivity contribution in [3.05, 3.63) is 143 Å². The lowest BCUT2D eigenvalue weighted by molar-refractivity contribution is 0.122. The second-order valence-electron chi connectivity index (χ2n) is 17.7. The Bertz CT molecular complexity index is 2660. The summed E-state index contributed by atoms with van der Waals surface area (Å²) in [5.74, 6) is 3.05. The van der Waals surface area contributed by atoms with Crippen molar-refractivity contribution < 1.29 is 28.8 Å².